The molecule has 1 aromatic rings. The summed E-state index contributed by atoms with van der Waals surface area (Å²) in [6.45, 7) is 2.26. The third-order valence-corrected chi connectivity index (χ3v) is 4.41. The van der Waals surface area contributed by atoms with Gasteiger partial charge in [-0.2, -0.15) is 0 Å². The van der Waals surface area contributed by atoms with Crippen LogP contribution in [0, 0.1) is 3.57 Å². The molecule has 0 saturated heterocycles. The molecule has 0 fully saturated rings. The lowest BCUT2D eigenvalue weighted by molar-refractivity contribution is 0.540. The van der Waals surface area contributed by atoms with E-state index in [0.717, 1.165) is 6.42 Å². The van der Waals surface area contributed by atoms with Gasteiger partial charge in [0.2, 0.25) is 0 Å². The normalized spacial score (nSPS) is 12.6. The lowest BCUT2D eigenvalue weighted by atomic mass is 10.0. The SMILES string of the molecule is CCCCCCCCCC(N)c1ccccc1I. The van der Waals surface area contributed by atoms with Crippen LogP contribution < -0.4 is 5.73 Å². The first-order valence-corrected chi connectivity index (χ1v) is 8.33. The summed E-state index contributed by atoms with van der Waals surface area (Å²) in [4.78, 5) is 0. The molecule has 1 nitrogen and oxygen atoms in total. The average Bonchev–Trinajstić information content (AvgIpc) is 2.38. The predicted molar refractivity (Wildman–Crippen MR) is 88.7 cm³/mol. The largest absolute Gasteiger partial charge is 0.324 e. The Labute approximate surface area is 126 Å². The number of hydrogen-bond acceptors (Lipinski definition) is 1. The van der Waals surface area contributed by atoms with Crippen LogP contribution in [-0.4, -0.2) is 0 Å². The van der Waals surface area contributed by atoms with Gasteiger partial charge in [-0.05, 0) is 40.6 Å². The molecule has 1 rings (SSSR count). The lowest BCUT2D eigenvalue weighted by Crippen LogP contribution is -2.11. The smallest absolute Gasteiger partial charge is 0.0305 e. The Morgan fingerprint density at radius 2 is 1.61 bits per heavy atom. The summed E-state index contributed by atoms with van der Waals surface area (Å²) in [5.41, 5.74) is 7.56. The number of benzene rings is 1. The summed E-state index contributed by atoms with van der Waals surface area (Å²) >= 11 is 2.38. The van der Waals surface area contributed by atoms with Gasteiger partial charge in [0.25, 0.3) is 0 Å². The minimum absolute atomic E-state index is 0.216. The Balaban J connectivity index is 2.14. The molecular weight excluding hydrogens is 333 g/mol. The topological polar surface area (TPSA) is 26.0 Å². The van der Waals surface area contributed by atoms with Gasteiger partial charge in [-0.25, -0.2) is 0 Å². The summed E-state index contributed by atoms with van der Waals surface area (Å²) in [6, 6.07) is 8.68. The fourth-order valence-electron chi connectivity index (χ4n) is 2.25. The van der Waals surface area contributed by atoms with E-state index in [1.807, 2.05) is 0 Å². The van der Waals surface area contributed by atoms with Crippen LogP contribution in [0.15, 0.2) is 24.3 Å². The number of halogens is 1. The highest BCUT2D eigenvalue weighted by atomic mass is 127. The Morgan fingerprint density at radius 1 is 1.00 bits per heavy atom. The fraction of sp³-hybridized carbons (Fsp3) is 0.625. The van der Waals surface area contributed by atoms with Crippen molar-refractivity contribution in [2.45, 2.75) is 64.3 Å². The van der Waals surface area contributed by atoms with Crippen molar-refractivity contribution in [1.82, 2.24) is 0 Å². The zero-order chi connectivity index (χ0) is 13.2. The summed E-state index contributed by atoms with van der Waals surface area (Å²) in [6.07, 6.45) is 10.6. The molecule has 2 heteroatoms. The van der Waals surface area contributed by atoms with Crippen molar-refractivity contribution in [3.8, 4) is 0 Å². The molecule has 0 saturated carbocycles. The van der Waals surface area contributed by atoms with Crippen molar-refractivity contribution in [1.29, 1.82) is 0 Å². The predicted octanol–water partition coefficient (Wildman–Crippen LogP) is 5.43. The van der Waals surface area contributed by atoms with Crippen molar-refractivity contribution in [3.63, 3.8) is 0 Å². The third-order valence-electron chi connectivity index (χ3n) is 3.42. The van der Waals surface area contributed by atoms with Crippen LogP contribution in [0.4, 0.5) is 0 Å². The molecule has 1 atom stereocenters. The molecule has 0 aliphatic heterocycles. The van der Waals surface area contributed by atoms with Crippen molar-refractivity contribution < 1.29 is 0 Å². The van der Waals surface area contributed by atoms with E-state index in [-0.39, 0.29) is 6.04 Å². The second-order valence-electron chi connectivity index (χ2n) is 5.04. The van der Waals surface area contributed by atoms with E-state index in [2.05, 4.69) is 53.8 Å². The van der Waals surface area contributed by atoms with Crippen LogP contribution in [0.25, 0.3) is 0 Å². The molecule has 0 heterocycles. The first-order valence-electron chi connectivity index (χ1n) is 7.25. The standard InChI is InChI=1S/C16H26IN/c1-2-3-4-5-6-7-8-13-16(18)14-11-9-10-12-15(14)17/h9-12,16H,2-8,13,18H2,1H3. The van der Waals surface area contributed by atoms with Gasteiger partial charge in [-0.1, -0.05) is 70.1 Å². The van der Waals surface area contributed by atoms with E-state index >= 15 is 0 Å². The van der Waals surface area contributed by atoms with Crippen LogP contribution >= 0.6 is 22.6 Å². The molecule has 102 valence electrons. The Hall–Kier alpha value is -0.0900. The molecule has 0 spiro atoms. The monoisotopic (exact) mass is 359 g/mol. The highest BCUT2D eigenvalue weighted by Gasteiger charge is 2.08. The first-order chi connectivity index (χ1) is 8.75. The zero-order valence-corrected chi connectivity index (χ0v) is 13.7. The Bertz CT molecular complexity index is 325. The molecule has 18 heavy (non-hydrogen) atoms. The molecule has 0 aromatic heterocycles. The van der Waals surface area contributed by atoms with E-state index in [1.165, 1.54) is 54.1 Å². The van der Waals surface area contributed by atoms with Crippen molar-refractivity contribution in [2.75, 3.05) is 0 Å². The maximum atomic E-state index is 6.25. The molecule has 1 aromatic carbocycles. The van der Waals surface area contributed by atoms with Crippen molar-refractivity contribution in [2.24, 2.45) is 5.73 Å². The van der Waals surface area contributed by atoms with Gasteiger partial charge in [-0.15, -0.1) is 0 Å². The molecule has 0 radical (unpaired) electrons. The van der Waals surface area contributed by atoms with Crippen LogP contribution in [0.1, 0.15) is 69.9 Å². The third kappa shape index (κ3) is 6.19. The molecular formula is C16H26IN. The van der Waals surface area contributed by atoms with E-state index in [9.17, 15) is 0 Å². The average molecular weight is 359 g/mol. The quantitative estimate of drug-likeness (QED) is 0.462. The first kappa shape index (κ1) is 16.0. The second kappa shape index (κ2) is 9.79. The minimum atomic E-state index is 0.216. The van der Waals surface area contributed by atoms with Crippen LogP contribution in [0.2, 0.25) is 0 Å². The summed E-state index contributed by atoms with van der Waals surface area (Å²) < 4.78 is 1.30. The van der Waals surface area contributed by atoms with Gasteiger partial charge in [0.1, 0.15) is 0 Å². The highest BCUT2D eigenvalue weighted by molar-refractivity contribution is 14.1. The molecule has 2 N–H and O–H groups in total. The molecule has 0 aliphatic carbocycles. The molecule has 0 aliphatic rings. The number of unbranched alkanes of at least 4 members (excludes halogenated alkanes) is 6. The van der Waals surface area contributed by atoms with Crippen LogP contribution in [-0.2, 0) is 0 Å². The molecule has 0 amide bonds. The Morgan fingerprint density at radius 3 is 2.28 bits per heavy atom. The van der Waals surface area contributed by atoms with Crippen LogP contribution in [0.5, 0.6) is 0 Å². The number of nitrogens with two attached hydrogens (primary N) is 1. The molecule has 1 unspecified atom stereocenters. The van der Waals surface area contributed by atoms with Gasteiger partial charge in [0, 0.05) is 9.61 Å². The molecule has 0 bridgehead atoms. The van der Waals surface area contributed by atoms with Gasteiger partial charge in [0.05, 0.1) is 0 Å². The zero-order valence-electron chi connectivity index (χ0n) is 11.5. The summed E-state index contributed by atoms with van der Waals surface area (Å²) in [5, 5.41) is 0. The maximum Gasteiger partial charge on any atom is 0.0305 e. The van der Waals surface area contributed by atoms with E-state index in [4.69, 9.17) is 5.73 Å². The van der Waals surface area contributed by atoms with Gasteiger partial charge in [0.15, 0.2) is 0 Å². The van der Waals surface area contributed by atoms with E-state index in [1.54, 1.807) is 0 Å². The van der Waals surface area contributed by atoms with Gasteiger partial charge in [-0.3, -0.25) is 0 Å². The maximum absolute atomic E-state index is 6.25. The van der Waals surface area contributed by atoms with Crippen LogP contribution in [0.3, 0.4) is 0 Å². The van der Waals surface area contributed by atoms with Gasteiger partial charge < -0.3 is 5.73 Å². The minimum Gasteiger partial charge on any atom is -0.324 e. The summed E-state index contributed by atoms with van der Waals surface area (Å²) in [7, 11) is 0. The number of rotatable bonds is 9. The van der Waals surface area contributed by atoms with E-state index in [0.29, 0.717) is 0 Å². The van der Waals surface area contributed by atoms with Crippen molar-refractivity contribution >= 4 is 22.6 Å². The summed E-state index contributed by atoms with van der Waals surface area (Å²) in [5.74, 6) is 0. The second-order valence-corrected chi connectivity index (χ2v) is 6.20. The van der Waals surface area contributed by atoms with E-state index < -0.39 is 0 Å². The lowest BCUT2D eigenvalue weighted by Gasteiger charge is -2.13. The number of hydrogen-bond donors (Lipinski definition) is 1. The fourth-order valence-corrected chi connectivity index (χ4v) is 3.04. The van der Waals surface area contributed by atoms with Gasteiger partial charge >= 0.3 is 0 Å². The highest BCUT2D eigenvalue weighted by Crippen LogP contribution is 2.22. The Kier molecular flexibility index (Phi) is 8.68. The van der Waals surface area contributed by atoms with Crippen molar-refractivity contribution in [3.05, 3.63) is 33.4 Å².